The highest BCUT2D eigenvalue weighted by atomic mass is 79.9. The Kier molecular flexibility index (Phi) is 4.75. The summed E-state index contributed by atoms with van der Waals surface area (Å²) in [5, 5.41) is 2.14. The smallest absolute Gasteiger partial charge is 0.162 e. The van der Waals surface area contributed by atoms with E-state index in [2.05, 4.69) is 65.3 Å². The lowest BCUT2D eigenvalue weighted by molar-refractivity contribution is 0.297. The van der Waals surface area contributed by atoms with Crippen molar-refractivity contribution in [2.24, 2.45) is 0 Å². The maximum Gasteiger partial charge on any atom is 0.162 e. The van der Waals surface area contributed by atoms with Crippen molar-refractivity contribution in [1.82, 2.24) is 0 Å². The summed E-state index contributed by atoms with van der Waals surface area (Å²) >= 11 is 12.6. The van der Waals surface area contributed by atoms with Gasteiger partial charge in [-0.15, -0.1) is 11.3 Å². The summed E-state index contributed by atoms with van der Waals surface area (Å²) in [5.41, 5.74) is 2.36. The lowest BCUT2D eigenvalue weighted by atomic mass is 10.1. The summed E-state index contributed by atoms with van der Waals surface area (Å²) in [4.78, 5) is 0.122. The highest BCUT2D eigenvalue weighted by molar-refractivity contribution is 9.11. The van der Waals surface area contributed by atoms with Gasteiger partial charge in [-0.25, -0.2) is 0 Å². The number of ether oxygens (including phenoxy) is 2. The minimum atomic E-state index is 0.122. The molecular weight excluding hydrogens is 472 g/mol. The average molecular weight is 483 g/mol. The predicted octanol–water partition coefficient (Wildman–Crippen LogP) is 5.92. The van der Waals surface area contributed by atoms with E-state index in [9.17, 15) is 0 Å². The van der Waals surface area contributed by atoms with Gasteiger partial charge in [0.1, 0.15) is 0 Å². The molecule has 0 N–H and O–H groups in total. The Labute approximate surface area is 146 Å². The molecule has 1 unspecified atom stereocenters. The van der Waals surface area contributed by atoms with E-state index in [-0.39, 0.29) is 4.83 Å². The van der Waals surface area contributed by atoms with Gasteiger partial charge in [0.25, 0.3) is 0 Å². The minimum absolute atomic E-state index is 0.122. The van der Waals surface area contributed by atoms with E-state index in [1.165, 1.54) is 5.56 Å². The van der Waals surface area contributed by atoms with Crippen LogP contribution in [0.4, 0.5) is 0 Å². The van der Waals surface area contributed by atoms with Gasteiger partial charge in [0, 0.05) is 10.9 Å². The monoisotopic (exact) mass is 480 g/mol. The Balaban J connectivity index is 1.99. The van der Waals surface area contributed by atoms with E-state index in [4.69, 9.17) is 9.47 Å². The molecule has 1 aliphatic rings. The van der Waals surface area contributed by atoms with Crippen molar-refractivity contribution in [2.45, 2.75) is 11.2 Å². The first-order chi connectivity index (χ1) is 9.65. The third kappa shape index (κ3) is 3.08. The standard InChI is InChI=1S/C14H11Br3O2S/c15-10-6-12-11(18-2-1-3-19-12)5-9(10)14(17)8-4-13(16)20-7-8/h4-7,14H,1-3H2. The number of rotatable bonds is 2. The maximum absolute atomic E-state index is 5.76. The van der Waals surface area contributed by atoms with Gasteiger partial charge in [-0.1, -0.05) is 31.9 Å². The van der Waals surface area contributed by atoms with Crippen molar-refractivity contribution in [3.05, 3.63) is 43.0 Å². The molecule has 0 amide bonds. The highest BCUT2D eigenvalue weighted by Gasteiger charge is 2.20. The molecule has 20 heavy (non-hydrogen) atoms. The molecule has 0 aliphatic carbocycles. The lowest BCUT2D eigenvalue weighted by Crippen LogP contribution is -1.97. The molecule has 2 nitrogen and oxygen atoms in total. The Morgan fingerprint density at radius 2 is 1.75 bits per heavy atom. The van der Waals surface area contributed by atoms with Crippen molar-refractivity contribution in [2.75, 3.05) is 13.2 Å². The maximum atomic E-state index is 5.76. The number of alkyl halides is 1. The van der Waals surface area contributed by atoms with Crippen LogP contribution in [0.15, 0.2) is 31.8 Å². The zero-order valence-electron chi connectivity index (χ0n) is 10.4. The molecule has 2 aromatic rings. The molecule has 0 saturated carbocycles. The molecule has 1 aliphatic heterocycles. The molecular formula is C14H11Br3O2S. The molecule has 106 valence electrons. The molecule has 6 heteroatoms. The van der Waals surface area contributed by atoms with E-state index >= 15 is 0 Å². The second kappa shape index (κ2) is 6.38. The van der Waals surface area contributed by atoms with Gasteiger partial charge in [-0.2, -0.15) is 0 Å². The summed E-state index contributed by atoms with van der Waals surface area (Å²) in [6.07, 6.45) is 0.914. The second-order valence-electron chi connectivity index (χ2n) is 4.42. The molecule has 1 aromatic heterocycles. The number of hydrogen-bond acceptors (Lipinski definition) is 3. The first-order valence-corrected chi connectivity index (χ1v) is 9.50. The van der Waals surface area contributed by atoms with Gasteiger partial charge >= 0.3 is 0 Å². The van der Waals surface area contributed by atoms with Crippen LogP contribution in [0.3, 0.4) is 0 Å². The lowest BCUT2D eigenvalue weighted by Gasteiger charge is -2.15. The van der Waals surface area contributed by atoms with Gasteiger partial charge in [-0.3, -0.25) is 0 Å². The topological polar surface area (TPSA) is 18.5 Å². The van der Waals surface area contributed by atoms with Crippen LogP contribution >= 0.6 is 59.1 Å². The van der Waals surface area contributed by atoms with Crippen molar-refractivity contribution in [1.29, 1.82) is 0 Å². The summed E-state index contributed by atoms with van der Waals surface area (Å²) in [6.45, 7) is 1.40. The summed E-state index contributed by atoms with van der Waals surface area (Å²) in [6, 6.07) is 6.17. The predicted molar refractivity (Wildman–Crippen MR) is 92.5 cm³/mol. The first kappa shape index (κ1) is 14.9. The van der Waals surface area contributed by atoms with E-state index in [1.54, 1.807) is 11.3 Å². The number of hydrogen-bond donors (Lipinski definition) is 0. The first-order valence-electron chi connectivity index (χ1n) is 6.12. The van der Waals surface area contributed by atoms with Gasteiger partial charge in [-0.05, 0) is 50.6 Å². The molecule has 0 radical (unpaired) electrons. The van der Waals surface area contributed by atoms with Crippen LogP contribution in [-0.2, 0) is 0 Å². The fourth-order valence-corrected chi connectivity index (χ4v) is 4.91. The molecule has 1 aromatic carbocycles. The SMILES string of the molecule is Brc1cc(C(Br)c2cc3c(cc2Br)OCCCO3)cs1. The second-order valence-corrected chi connectivity index (χ2v) is 8.48. The van der Waals surface area contributed by atoms with Crippen LogP contribution in [0, 0.1) is 0 Å². The fourth-order valence-electron chi connectivity index (χ4n) is 2.03. The number of benzene rings is 1. The Bertz CT molecular complexity index is 627. The van der Waals surface area contributed by atoms with Crippen LogP contribution in [-0.4, -0.2) is 13.2 Å². The molecule has 0 saturated heterocycles. The van der Waals surface area contributed by atoms with E-state index in [0.717, 1.165) is 31.7 Å². The third-order valence-electron chi connectivity index (χ3n) is 3.02. The molecule has 0 bridgehead atoms. The average Bonchev–Trinajstić information content (AvgIpc) is 2.73. The van der Waals surface area contributed by atoms with Gasteiger partial charge in [0.15, 0.2) is 11.5 Å². The van der Waals surface area contributed by atoms with Gasteiger partial charge in [0.05, 0.1) is 21.8 Å². The van der Waals surface area contributed by atoms with Crippen molar-refractivity contribution >= 4 is 59.1 Å². The fraction of sp³-hybridized carbons (Fsp3) is 0.286. The van der Waals surface area contributed by atoms with E-state index in [0.29, 0.717) is 13.2 Å². The van der Waals surface area contributed by atoms with Crippen LogP contribution in [0.5, 0.6) is 11.5 Å². The Morgan fingerprint density at radius 1 is 1.05 bits per heavy atom. The summed E-state index contributed by atoms with van der Waals surface area (Å²) < 4.78 is 13.6. The van der Waals surface area contributed by atoms with E-state index in [1.807, 2.05) is 6.07 Å². The molecule has 0 fully saturated rings. The van der Waals surface area contributed by atoms with Crippen LogP contribution in [0.2, 0.25) is 0 Å². The summed E-state index contributed by atoms with van der Waals surface area (Å²) in [7, 11) is 0. The Hall–Kier alpha value is -0.0400. The highest BCUT2D eigenvalue weighted by Crippen LogP contribution is 2.43. The Morgan fingerprint density at radius 3 is 2.40 bits per heavy atom. The van der Waals surface area contributed by atoms with Crippen LogP contribution in [0.25, 0.3) is 0 Å². The summed E-state index contributed by atoms with van der Waals surface area (Å²) in [5.74, 6) is 1.63. The quantitative estimate of drug-likeness (QED) is 0.495. The normalized spacial score (nSPS) is 15.8. The zero-order chi connectivity index (χ0) is 14.1. The molecule has 3 rings (SSSR count). The van der Waals surface area contributed by atoms with Gasteiger partial charge < -0.3 is 9.47 Å². The van der Waals surface area contributed by atoms with Crippen molar-refractivity contribution in [3.8, 4) is 11.5 Å². The molecule has 0 spiro atoms. The minimum Gasteiger partial charge on any atom is -0.490 e. The molecule has 1 atom stereocenters. The molecule has 2 heterocycles. The van der Waals surface area contributed by atoms with Crippen LogP contribution in [0.1, 0.15) is 22.4 Å². The number of halogens is 3. The van der Waals surface area contributed by atoms with E-state index < -0.39 is 0 Å². The van der Waals surface area contributed by atoms with Crippen LogP contribution < -0.4 is 9.47 Å². The van der Waals surface area contributed by atoms with Gasteiger partial charge in [0.2, 0.25) is 0 Å². The zero-order valence-corrected chi connectivity index (χ0v) is 15.9. The van der Waals surface area contributed by atoms with Crippen molar-refractivity contribution in [3.63, 3.8) is 0 Å². The number of thiophene rings is 1. The largest absolute Gasteiger partial charge is 0.490 e. The van der Waals surface area contributed by atoms with Crippen molar-refractivity contribution < 1.29 is 9.47 Å². The third-order valence-corrected chi connectivity index (χ3v) is 6.25. The number of fused-ring (bicyclic) bond motifs is 1.